The quantitative estimate of drug-likeness (QED) is 0.585. The predicted octanol–water partition coefficient (Wildman–Crippen LogP) is 4.68. The number of rotatable bonds is 4. The van der Waals surface area contributed by atoms with Crippen LogP contribution in [0.15, 0.2) is 52.1 Å². The van der Waals surface area contributed by atoms with E-state index >= 15 is 0 Å². The maximum absolute atomic E-state index is 4.37. The zero-order chi connectivity index (χ0) is 13.9. The lowest BCUT2D eigenvalue weighted by Gasteiger charge is -2.16. The Bertz CT molecular complexity index is 532. The van der Waals surface area contributed by atoms with Crippen molar-refractivity contribution < 1.29 is 0 Å². The van der Waals surface area contributed by atoms with Crippen molar-refractivity contribution >= 4 is 41.0 Å². The predicted molar refractivity (Wildman–Crippen MR) is 90.9 cm³/mol. The summed E-state index contributed by atoms with van der Waals surface area (Å²) in [6, 6.07) is 13.2. The Morgan fingerprint density at radius 3 is 2.26 bits per heavy atom. The molecule has 0 atom stereocenters. The Morgan fingerprint density at radius 2 is 1.74 bits per heavy atom. The Labute approximate surface area is 129 Å². The number of aromatic nitrogens is 1. The minimum absolute atomic E-state index is 0.973. The molecule has 1 aromatic carbocycles. The summed E-state index contributed by atoms with van der Waals surface area (Å²) in [6.45, 7) is 7.13. The molecule has 0 saturated carbocycles. The van der Waals surface area contributed by atoms with E-state index in [1.165, 1.54) is 10.8 Å². The van der Waals surface area contributed by atoms with Gasteiger partial charge in [-0.05, 0) is 33.6 Å². The molecule has 0 aliphatic carbocycles. The zero-order valence-corrected chi connectivity index (χ0v) is 14.9. The first kappa shape index (κ1) is 14.8. The first-order valence-electron chi connectivity index (χ1n) is 6.29. The molecule has 1 aromatic heterocycles. The van der Waals surface area contributed by atoms with Gasteiger partial charge in [-0.15, -0.1) is 11.8 Å². The van der Waals surface area contributed by atoms with Crippen molar-refractivity contribution in [2.75, 3.05) is 0 Å². The van der Waals surface area contributed by atoms with Gasteiger partial charge in [0.2, 0.25) is 0 Å². The van der Waals surface area contributed by atoms with E-state index in [0.717, 1.165) is 15.3 Å². The van der Waals surface area contributed by atoms with Crippen LogP contribution in [0.25, 0.3) is 0 Å². The van der Waals surface area contributed by atoms with Gasteiger partial charge in [0.1, 0.15) is 0 Å². The van der Waals surface area contributed by atoms with Crippen LogP contribution in [0.5, 0.6) is 0 Å². The van der Waals surface area contributed by atoms with Crippen LogP contribution in [-0.4, -0.2) is 13.1 Å². The molecule has 0 fully saturated rings. The van der Waals surface area contributed by atoms with E-state index in [2.05, 4.69) is 64.8 Å². The molecule has 0 N–H and O–H groups in total. The molecule has 0 unspecified atom stereocenters. The number of halogens is 1. The van der Waals surface area contributed by atoms with Crippen molar-refractivity contribution in [3.8, 4) is 0 Å². The van der Waals surface area contributed by atoms with Crippen LogP contribution in [0.3, 0.4) is 0 Å². The van der Waals surface area contributed by atoms with Gasteiger partial charge in [0.25, 0.3) is 0 Å². The highest BCUT2D eigenvalue weighted by Crippen LogP contribution is 2.21. The average Bonchev–Trinajstić information content (AvgIpc) is 2.37. The number of hydrogen-bond acceptors (Lipinski definition) is 2. The van der Waals surface area contributed by atoms with Crippen molar-refractivity contribution in [2.45, 2.75) is 30.4 Å². The van der Waals surface area contributed by atoms with Gasteiger partial charge in [-0.1, -0.05) is 49.1 Å². The van der Waals surface area contributed by atoms with Crippen LogP contribution in [0.4, 0.5) is 0 Å². The first-order chi connectivity index (χ1) is 8.95. The van der Waals surface area contributed by atoms with Crippen molar-refractivity contribution in [3.05, 3.63) is 52.6 Å². The topological polar surface area (TPSA) is 12.9 Å². The maximum Gasteiger partial charge on any atom is 0.0963 e. The summed E-state index contributed by atoms with van der Waals surface area (Å²) in [5.74, 6) is 0.973. The third-order valence-electron chi connectivity index (χ3n) is 2.91. The first-order valence-corrected chi connectivity index (χ1v) is 11.6. The minimum atomic E-state index is -1.17. The summed E-state index contributed by atoms with van der Waals surface area (Å²) >= 11 is 5.18. The van der Waals surface area contributed by atoms with Crippen LogP contribution in [-0.2, 0) is 5.75 Å². The third-order valence-corrected chi connectivity index (χ3v) is 6.46. The Balaban J connectivity index is 1.98. The monoisotopic (exact) mass is 351 g/mol. The SMILES string of the molecule is C[Si](C)(C)c1ccc(CSc2ccc(Br)cn2)cc1. The van der Waals surface area contributed by atoms with Gasteiger partial charge in [0.05, 0.1) is 13.1 Å². The van der Waals surface area contributed by atoms with E-state index in [0.29, 0.717) is 0 Å². The second-order valence-electron chi connectivity index (χ2n) is 5.55. The molecule has 0 bridgehead atoms. The van der Waals surface area contributed by atoms with Gasteiger partial charge >= 0.3 is 0 Å². The van der Waals surface area contributed by atoms with Crippen molar-refractivity contribution in [1.29, 1.82) is 0 Å². The van der Waals surface area contributed by atoms with Crippen molar-refractivity contribution in [2.24, 2.45) is 0 Å². The van der Waals surface area contributed by atoms with E-state index in [1.807, 2.05) is 18.3 Å². The molecule has 0 aliphatic rings. The minimum Gasteiger partial charge on any atom is -0.249 e. The largest absolute Gasteiger partial charge is 0.249 e. The number of hydrogen-bond donors (Lipinski definition) is 0. The molecule has 0 amide bonds. The second-order valence-corrected chi connectivity index (χ2v) is 12.5. The number of thioether (sulfide) groups is 1. The fourth-order valence-electron chi connectivity index (χ4n) is 1.71. The molecule has 4 heteroatoms. The van der Waals surface area contributed by atoms with E-state index in [9.17, 15) is 0 Å². The molecular weight excluding hydrogens is 334 g/mol. The lowest BCUT2D eigenvalue weighted by molar-refractivity contribution is 1.12. The highest BCUT2D eigenvalue weighted by Gasteiger charge is 2.15. The molecule has 0 radical (unpaired) electrons. The van der Waals surface area contributed by atoms with Crippen LogP contribution < -0.4 is 5.19 Å². The van der Waals surface area contributed by atoms with E-state index in [1.54, 1.807) is 11.8 Å². The molecular formula is C15H18BrNSSi. The summed E-state index contributed by atoms with van der Waals surface area (Å²) in [6.07, 6.45) is 1.84. The Kier molecular flexibility index (Phi) is 4.87. The van der Waals surface area contributed by atoms with Gasteiger partial charge in [0, 0.05) is 16.4 Å². The second kappa shape index (κ2) is 6.24. The molecule has 0 saturated heterocycles. The van der Waals surface area contributed by atoms with Crippen LogP contribution in [0, 0.1) is 0 Å². The van der Waals surface area contributed by atoms with Crippen LogP contribution in [0.2, 0.25) is 19.6 Å². The molecule has 2 aromatic rings. The lowest BCUT2D eigenvalue weighted by atomic mass is 10.2. The summed E-state index contributed by atoms with van der Waals surface area (Å²) in [7, 11) is -1.17. The Morgan fingerprint density at radius 1 is 1.05 bits per heavy atom. The van der Waals surface area contributed by atoms with Crippen LogP contribution in [0.1, 0.15) is 5.56 Å². The molecule has 2 rings (SSSR count). The summed E-state index contributed by atoms with van der Waals surface area (Å²) in [5.41, 5.74) is 1.36. The molecule has 19 heavy (non-hydrogen) atoms. The molecule has 0 spiro atoms. The average molecular weight is 352 g/mol. The zero-order valence-electron chi connectivity index (χ0n) is 11.5. The van der Waals surface area contributed by atoms with Gasteiger partial charge in [-0.3, -0.25) is 0 Å². The number of pyridine rings is 1. The van der Waals surface area contributed by atoms with E-state index in [-0.39, 0.29) is 0 Å². The van der Waals surface area contributed by atoms with E-state index < -0.39 is 8.07 Å². The highest BCUT2D eigenvalue weighted by atomic mass is 79.9. The third kappa shape index (κ3) is 4.47. The lowest BCUT2D eigenvalue weighted by Crippen LogP contribution is -2.37. The molecule has 0 aliphatic heterocycles. The smallest absolute Gasteiger partial charge is 0.0963 e. The maximum atomic E-state index is 4.37. The molecule has 1 nitrogen and oxygen atoms in total. The van der Waals surface area contributed by atoms with Gasteiger partial charge in [0.15, 0.2) is 0 Å². The van der Waals surface area contributed by atoms with E-state index in [4.69, 9.17) is 0 Å². The van der Waals surface area contributed by atoms with Gasteiger partial charge in [-0.25, -0.2) is 4.98 Å². The number of nitrogens with zero attached hydrogens (tertiary/aromatic N) is 1. The Hall–Kier alpha value is -0.583. The standard InChI is InChI=1S/C15H18BrNSSi/c1-19(2,3)14-7-4-12(5-8-14)11-18-15-9-6-13(16)10-17-15/h4-10H,11H2,1-3H3. The fourth-order valence-corrected chi connectivity index (χ4v) is 3.91. The summed E-state index contributed by atoms with van der Waals surface area (Å²) in [5, 5.41) is 2.58. The number of benzene rings is 1. The fraction of sp³-hybridized carbons (Fsp3) is 0.267. The summed E-state index contributed by atoms with van der Waals surface area (Å²) in [4.78, 5) is 4.37. The summed E-state index contributed by atoms with van der Waals surface area (Å²) < 4.78 is 1.02. The molecule has 100 valence electrons. The molecule has 1 heterocycles. The van der Waals surface area contributed by atoms with Crippen LogP contribution >= 0.6 is 27.7 Å². The highest BCUT2D eigenvalue weighted by molar-refractivity contribution is 9.10. The van der Waals surface area contributed by atoms with Gasteiger partial charge in [-0.2, -0.15) is 0 Å². The normalized spacial score (nSPS) is 11.6. The van der Waals surface area contributed by atoms with Crippen molar-refractivity contribution in [3.63, 3.8) is 0 Å². The van der Waals surface area contributed by atoms with Crippen molar-refractivity contribution in [1.82, 2.24) is 4.98 Å². The van der Waals surface area contributed by atoms with Gasteiger partial charge < -0.3 is 0 Å².